The molecule has 1 N–H and O–H groups in total. The highest BCUT2D eigenvalue weighted by Crippen LogP contribution is 2.15. The van der Waals surface area contributed by atoms with Crippen molar-refractivity contribution in [3.05, 3.63) is 34.9 Å². The van der Waals surface area contributed by atoms with Gasteiger partial charge in [0, 0.05) is 17.6 Å². The summed E-state index contributed by atoms with van der Waals surface area (Å²) in [5.74, 6) is 0.111. The standard InChI is InChI=1S/C16H23ClN2O3S/c1-2-19(9-7-13-5-3-4-6-15(13)17)11-16(20)18-14-8-10-23(21,22)12-14/h3-6,14H,2,7-12H2,1H3,(H,18,20). The maximum Gasteiger partial charge on any atom is 0.234 e. The second-order valence-electron chi connectivity index (χ2n) is 5.88. The number of nitrogens with zero attached hydrogens (tertiary/aromatic N) is 1. The Bertz CT molecular complexity index is 648. The molecule has 2 rings (SSSR count). The first-order valence-electron chi connectivity index (χ1n) is 7.85. The number of amides is 1. The van der Waals surface area contributed by atoms with Crippen LogP contribution >= 0.6 is 11.6 Å². The van der Waals surface area contributed by atoms with Gasteiger partial charge < -0.3 is 5.32 Å². The Hall–Kier alpha value is -1.11. The molecular weight excluding hydrogens is 336 g/mol. The monoisotopic (exact) mass is 358 g/mol. The number of benzene rings is 1. The van der Waals surface area contributed by atoms with E-state index in [0.717, 1.165) is 30.1 Å². The number of hydrogen-bond donors (Lipinski definition) is 1. The van der Waals surface area contributed by atoms with E-state index in [9.17, 15) is 13.2 Å². The summed E-state index contributed by atoms with van der Waals surface area (Å²) >= 11 is 6.14. The lowest BCUT2D eigenvalue weighted by Gasteiger charge is -2.21. The number of carbonyl (C=O) groups excluding carboxylic acids is 1. The summed E-state index contributed by atoms with van der Waals surface area (Å²) in [5.41, 5.74) is 1.06. The van der Waals surface area contributed by atoms with Crippen molar-refractivity contribution in [2.75, 3.05) is 31.1 Å². The van der Waals surface area contributed by atoms with E-state index >= 15 is 0 Å². The number of carbonyl (C=O) groups is 1. The average Bonchev–Trinajstić information content (AvgIpc) is 2.83. The number of rotatable bonds is 7. The number of sulfone groups is 1. The van der Waals surface area contributed by atoms with Crippen molar-refractivity contribution in [3.63, 3.8) is 0 Å². The highest BCUT2D eigenvalue weighted by molar-refractivity contribution is 7.91. The molecule has 1 unspecified atom stereocenters. The first-order valence-corrected chi connectivity index (χ1v) is 10.0. The van der Waals surface area contributed by atoms with Crippen LogP contribution in [-0.4, -0.2) is 56.4 Å². The highest BCUT2D eigenvalue weighted by Gasteiger charge is 2.29. The predicted octanol–water partition coefficient (Wildman–Crippen LogP) is 1.51. The molecule has 1 aromatic carbocycles. The zero-order chi connectivity index (χ0) is 16.9. The largest absolute Gasteiger partial charge is 0.351 e. The van der Waals surface area contributed by atoms with Gasteiger partial charge in [-0.15, -0.1) is 0 Å². The van der Waals surface area contributed by atoms with Gasteiger partial charge in [0.2, 0.25) is 5.91 Å². The Morgan fingerprint density at radius 3 is 2.74 bits per heavy atom. The van der Waals surface area contributed by atoms with Crippen molar-refractivity contribution >= 4 is 27.3 Å². The van der Waals surface area contributed by atoms with Gasteiger partial charge in [-0.25, -0.2) is 8.42 Å². The third kappa shape index (κ3) is 5.79. The van der Waals surface area contributed by atoms with Crippen LogP contribution in [0.25, 0.3) is 0 Å². The molecule has 23 heavy (non-hydrogen) atoms. The Labute approximate surface area is 142 Å². The minimum atomic E-state index is -2.97. The molecule has 0 radical (unpaired) electrons. The van der Waals surface area contributed by atoms with Crippen molar-refractivity contribution in [3.8, 4) is 0 Å². The van der Waals surface area contributed by atoms with E-state index < -0.39 is 9.84 Å². The lowest BCUT2D eigenvalue weighted by Crippen LogP contribution is -2.43. The van der Waals surface area contributed by atoms with Crippen LogP contribution in [0.4, 0.5) is 0 Å². The molecule has 1 heterocycles. The quantitative estimate of drug-likeness (QED) is 0.802. The van der Waals surface area contributed by atoms with Gasteiger partial charge in [-0.1, -0.05) is 36.7 Å². The number of likely N-dealkylation sites (N-methyl/N-ethyl adjacent to an activating group) is 1. The van der Waals surface area contributed by atoms with E-state index in [1.165, 1.54) is 0 Å². The molecule has 0 aliphatic carbocycles. The van der Waals surface area contributed by atoms with Gasteiger partial charge in [0.1, 0.15) is 0 Å². The number of halogens is 1. The summed E-state index contributed by atoms with van der Waals surface area (Å²) in [6.07, 6.45) is 1.29. The first-order chi connectivity index (χ1) is 10.9. The molecule has 1 aliphatic heterocycles. The molecule has 0 aromatic heterocycles. The fourth-order valence-electron chi connectivity index (χ4n) is 2.71. The fraction of sp³-hybridized carbons (Fsp3) is 0.562. The summed E-state index contributed by atoms with van der Waals surface area (Å²) in [4.78, 5) is 14.1. The van der Waals surface area contributed by atoms with Gasteiger partial charge in [-0.05, 0) is 31.0 Å². The SMILES string of the molecule is CCN(CCc1ccccc1Cl)CC(=O)NC1CCS(=O)(=O)C1. The van der Waals surface area contributed by atoms with Crippen LogP contribution in [-0.2, 0) is 21.1 Å². The van der Waals surface area contributed by atoms with Crippen molar-refractivity contribution in [2.24, 2.45) is 0 Å². The number of hydrogen-bond acceptors (Lipinski definition) is 4. The molecular formula is C16H23ClN2O3S. The Balaban J connectivity index is 1.80. The molecule has 1 aromatic rings. The molecule has 1 saturated heterocycles. The van der Waals surface area contributed by atoms with Crippen LogP contribution in [0.1, 0.15) is 18.9 Å². The fourth-order valence-corrected chi connectivity index (χ4v) is 4.62. The van der Waals surface area contributed by atoms with E-state index in [1.54, 1.807) is 0 Å². The molecule has 128 valence electrons. The zero-order valence-electron chi connectivity index (χ0n) is 13.3. The van der Waals surface area contributed by atoms with Crippen LogP contribution < -0.4 is 5.32 Å². The number of nitrogens with one attached hydrogen (secondary N) is 1. The predicted molar refractivity (Wildman–Crippen MR) is 92.5 cm³/mol. The second-order valence-corrected chi connectivity index (χ2v) is 8.51. The Morgan fingerprint density at radius 2 is 2.13 bits per heavy atom. The molecule has 7 heteroatoms. The van der Waals surface area contributed by atoms with Gasteiger partial charge in [-0.2, -0.15) is 0 Å². The molecule has 1 fully saturated rings. The van der Waals surface area contributed by atoms with Gasteiger partial charge in [0.15, 0.2) is 9.84 Å². The summed E-state index contributed by atoms with van der Waals surface area (Å²) in [6, 6.07) is 7.45. The highest BCUT2D eigenvalue weighted by atomic mass is 35.5. The maximum absolute atomic E-state index is 12.1. The van der Waals surface area contributed by atoms with Crippen molar-refractivity contribution in [1.29, 1.82) is 0 Å². The van der Waals surface area contributed by atoms with Gasteiger partial charge in [-0.3, -0.25) is 9.69 Å². The summed E-state index contributed by atoms with van der Waals surface area (Å²) in [7, 11) is -2.97. The average molecular weight is 359 g/mol. The summed E-state index contributed by atoms with van der Waals surface area (Å²) in [6.45, 7) is 3.76. The van der Waals surface area contributed by atoms with Gasteiger partial charge in [0.25, 0.3) is 0 Å². The van der Waals surface area contributed by atoms with Crippen molar-refractivity contribution in [2.45, 2.75) is 25.8 Å². The lowest BCUT2D eigenvalue weighted by molar-refractivity contribution is -0.122. The van der Waals surface area contributed by atoms with Crippen molar-refractivity contribution < 1.29 is 13.2 Å². The van der Waals surface area contributed by atoms with Crippen LogP contribution in [0.3, 0.4) is 0 Å². The molecule has 1 amide bonds. The molecule has 0 saturated carbocycles. The topological polar surface area (TPSA) is 66.5 Å². The van der Waals surface area contributed by atoms with E-state index in [4.69, 9.17) is 11.6 Å². The van der Waals surface area contributed by atoms with E-state index in [0.29, 0.717) is 6.42 Å². The smallest absolute Gasteiger partial charge is 0.234 e. The second kappa shape index (κ2) is 8.13. The first kappa shape index (κ1) is 18.2. The minimum Gasteiger partial charge on any atom is -0.351 e. The van der Waals surface area contributed by atoms with Gasteiger partial charge in [0.05, 0.1) is 18.1 Å². The van der Waals surface area contributed by atoms with Crippen LogP contribution in [0.5, 0.6) is 0 Å². The van der Waals surface area contributed by atoms with E-state index in [2.05, 4.69) is 5.32 Å². The summed E-state index contributed by atoms with van der Waals surface area (Å²) in [5, 5.41) is 3.56. The maximum atomic E-state index is 12.1. The van der Waals surface area contributed by atoms with Crippen LogP contribution in [0, 0.1) is 0 Å². The zero-order valence-corrected chi connectivity index (χ0v) is 14.9. The molecule has 5 nitrogen and oxygen atoms in total. The Kier molecular flexibility index (Phi) is 6.44. The van der Waals surface area contributed by atoms with Crippen LogP contribution in [0.2, 0.25) is 5.02 Å². The molecule has 1 atom stereocenters. The minimum absolute atomic E-state index is 0.0600. The normalized spacial score (nSPS) is 19.9. The van der Waals surface area contributed by atoms with E-state index in [1.807, 2.05) is 36.1 Å². The van der Waals surface area contributed by atoms with Gasteiger partial charge >= 0.3 is 0 Å². The molecule has 0 bridgehead atoms. The Morgan fingerprint density at radius 1 is 1.39 bits per heavy atom. The molecule has 1 aliphatic rings. The van der Waals surface area contributed by atoms with E-state index in [-0.39, 0.29) is 30.0 Å². The molecule has 0 spiro atoms. The van der Waals surface area contributed by atoms with Crippen LogP contribution in [0.15, 0.2) is 24.3 Å². The third-order valence-corrected chi connectivity index (χ3v) is 6.20. The summed E-state index contributed by atoms with van der Waals surface area (Å²) < 4.78 is 22.8. The van der Waals surface area contributed by atoms with Crippen molar-refractivity contribution in [1.82, 2.24) is 10.2 Å². The lowest BCUT2D eigenvalue weighted by atomic mass is 10.1. The third-order valence-electron chi connectivity index (χ3n) is 4.07.